The van der Waals surface area contributed by atoms with Gasteiger partial charge in [0, 0.05) is 13.0 Å². The van der Waals surface area contributed by atoms with Gasteiger partial charge in [-0.15, -0.1) is 0 Å². The monoisotopic (exact) mass is 481 g/mol. The Hall–Kier alpha value is -2.78. The van der Waals surface area contributed by atoms with Crippen molar-refractivity contribution in [1.29, 1.82) is 0 Å². The number of carbonyl (C=O) groups excluding carboxylic acids is 1. The zero-order valence-electron chi connectivity index (χ0n) is 19.0. The predicted molar refractivity (Wildman–Crippen MR) is 122 cm³/mol. The molecule has 0 aliphatic rings. The first-order chi connectivity index (χ1) is 15.4. The van der Waals surface area contributed by atoms with Crippen molar-refractivity contribution in [2.45, 2.75) is 50.3 Å². The topological polar surface area (TPSA) is 72.9 Å². The van der Waals surface area contributed by atoms with Gasteiger partial charge in [0.15, 0.2) is 0 Å². The molecule has 1 atom stereocenters. The molecule has 2 rings (SSSR count). The van der Waals surface area contributed by atoms with Crippen LogP contribution in [0.1, 0.15) is 32.8 Å². The number of alkyl halides is 1. The van der Waals surface area contributed by atoms with Crippen LogP contribution < -0.4 is 4.74 Å². The zero-order valence-corrected chi connectivity index (χ0v) is 19.8. The average molecular weight is 482 g/mol. The van der Waals surface area contributed by atoms with Crippen molar-refractivity contribution in [1.82, 2.24) is 4.31 Å². The van der Waals surface area contributed by atoms with E-state index in [-0.39, 0.29) is 18.0 Å². The Morgan fingerprint density at radius 1 is 1.09 bits per heavy atom. The Morgan fingerprint density at radius 3 is 2.21 bits per heavy atom. The van der Waals surface area contributed by atoms with Gasteiger partial charge in [0.25, 0.3) is 0 Å². The highest BCUT2D eigenvalue weighted by atomic mass is 32.2. The van der Waals surface area contributed by atoms with Gasteiger partial charge in [-0.25, -0.2) is 17.2 Å². The molecule has 180 valence electrons. The van der Waals surface area contributed by atoms with Gasteiger partial charge in [-0.2, -0.15) is 4.31 Å². The first kappa shape index (κ1) is 26.5. The fraction of sp³-hybridized carbons (Fsp3) is 0.375. The number of carbonyl (C=O) groups is 1. The molecule has 0 N–H and O–H groups in total. The molecular weight excluding hydrogens is 452 g/mol. The van der Waals surface area contributed by atoms with Crippen molar-refractivity contribution >= 4 is 16.0 Å². The Morgan fingerprint density at radius 2 is 1.70 bits per heavy atom. The van der Waals surface area contributed by atoms with E-state index in [9.17, 15) is 22.0 Å². The smallest absolute Gasteiger partial charge is 0.325 e. The van der Waals surface area contributed by atoms with Crippen molar-refractivity contribution in [3.05, 3.63) is 72.6 Å². The number of hydrogen-bond donors (Lipinski definition) is 0. The van der Waals surface area contributed by atoms with E-state index < -0.39 is 46.6 Å². The Kier molecular flexibility index (Phi) is 9.13. The summed E-state index contributed by atoms with van der Waals surface area (Å²) in [5.41, 5.74) is -0.313. The highest BCUT2D eigenvalue weighted by Gasteiger charge is 2.39. The molecule has 0 aromatic heterocycles. The maximum atomic E-state index is 13.9. The van der Waals surface area contributed by atoms with Crippen LogP contribution in [0.4, 0.5) is 8.78 Å². The van der Waals surface area contributed by atoms with E-state index in [1.54, 1.807) is 51.1 Å². The Labute approximate surface area is 193 Å². The summed E-state index contributed by atoms with van der Waals surface area (Å²) in [6.07, 6.45) is -0.557. The molecule has 0 heterocycles. The molecule has 2 aromatic carbocycles. The molecule has 2 aromatic rings. The summed E-state index contributed by atoms with van der Waals surface area (Å²) < 4.78 is 65.0. The highest BCUT2D eigenvalue weighted by Crippen LogP contribution is 2.27. The molecular formula is C24H29F2NO5S. The third-order valence-electron chi connectivity index (χ3n) is 4.40. The molecule has 0 spiro atoms. The first-order valence-electron chi connectivity index (χ1n) is 10.3. The van der Waals surface area contributed by atoms with Crippen molar-refractivity contribution in [2.24, 2.45) is 0 Å². The maximum absolute atomic E-state index is 13.9. The average Bonchev–Trinajstić information content (AvgIpc) is 2.74. The molecule has 0 aliphatic heterocycles. The Bertz CT molecular complexity index is 1030. The molecule has 0 aliphatic carbocycles. The van der Waals surface area contributed by atoms with E-state index in [1.807, 2.05) is 0 Å². The lowest BCUT2D eigenvalue weighted by atomic mass is 10.1. The Balaban J connectivity index is 2.52. The van der Waals surface area contributed by atoms with Gasteiger partial charge in [-0.05, 0) is 50.6 Å². The number of esters is 1. The second kappa shape index (κ2) is 11.4. The third kappa shape index (κ3) is 7.94. The molecule has 33 heavy (non-hydrogen) atoms. The van der Waals surface area contributed by atoms with Gasteiger partial charge < -0.3 is 9.47 Å². The van der Waals surface area contributed by atoms with Crippen molar-refractivity contribution in [3.8, 4) is 5.75 Å². The van der Waals surface area contributed by atoms with Crippen LogP contribution in [-0.2, 0) is 26.1 Å². The van der Waals surface area contributed by atoms with Crippen molar-refractivity contribution < 1.29 is 31.5 Å². The lowest BCUT2D eigenvalue weighted by Gasteiger charge is -2.31. The van der Waals surface area contributed by atoms with E-state index in [1.165, 1.54) is 24.3 Å². The summed E-state index contributed by atoms with van der Waals surface area (Å²) in [5, 5.41) is 0. The van der Waals surface area contributed by atoms with Gasteiger partial charge in [0.1, 0.15) is 30.7 Å². The summed E-state index contributed by atoms with van der Waals surface area (Å²) in [7, 11) is -4.29. The van der Waals surface area contributed by atoms with Gasteiger partial charge in [0.2, 0.25) is 10.0 Å². The van der Waals surface area contributed by atoms with Gasteiger partial charge in [-0.3, -0.25) is 4.79 Å². The second-order valence-corrected chi connectivity index (χ2v) is 10.2. The minimum atomic E-state index is -4.29. The van der Waals surface area contributed by atoms with E-state index in [4.69, 9.17) is 9.47 Å². The van der Waals surface area contributed by atoms with Crippen molar-refractivity contribution in [3.63, 3.8) is 0 Å². The lowest BCUT2D eigenvalue weighted by Crippen LogP contribution is -2.47. The molecule has 0 unspecified atom stereocenters. The standard InChI is InChI=1S/C24H29F2NO5S/c1-18(26)16-22(23(28)32-24(2,3)4)27(17-19-8-6-5-7-9-19)33(29,30)21-12-10-20(11-13-21)31-15-14-25/h5-13,22H,1,14-17H2,2-4H3/t22-/m0/s1. The largest absolute Gasteiger partial charge is 0.491 e. The van der Waals surface area contributed by atoms with Crippen LogP contribution in [0, 0.1) is 0 Å². The molecule has 0 bridgehead atoms. The summed E-state index contributed by atoms with van der Waals surface area (Å²) in [4.78, 5) is 12.8. The van der Waals surface area contributed by atoms with Crippen LogP contribution in [0.15, 0.2) is 71.9 Å². The molecule has 6 nitrogen and oxygen atoms in total. The minimum Gasteiger partial charge on any atom is -0.491 e. The number of benzene rings is 2. The van der Waals surface area contributed by atoms with Crippen LogP contribution in [0.5, 0.6) is 5.75 Å². The predicted octanol–water partition coefficient (Wildman–Crippen LogP) is 4.81. The molecule has 0 amide bonds. The maximum Gasteiger partial charge on any atom is 0.325 e. The van der Waals surface area contributed by atoms with Crippen LogP contribution in [0.25, 0.3) is 0 Å². The van der Waals surface area contributed by atoms with Crippen LogP contribution >= 0.6 is 0 Å². The fourth-order valence-corrected chi connectivity index (χ4v) is 4.57. The number of ether oxygens (including phenoxy) is 2. The summed E-state index contributed by atoms with van der Waals surface area (Å²) >= 11 is 0. The number of rotatable bonds is 11. The van der Waals surface area contributed by atoms with Crippen molar-refractivity contribution in [2.75, 3.05) is 13.3 Å². The number of sulfonamides is 1. The zero-order chi connectivity index (χ0) is 24.6. The summed E-state index contributed by atoms with van der Waals surface area (Å²) in [6.45, 7) is 7.09. The van der Waals surface area contributed by atoms with Crippen LogP contribution in [0.3, 0.4) is 0 Å². The number of nitrogens with zero attached hydrogens (tertiary/aromatic N) is 1. The van der Waals surface area contributed by atoms with Gasteiger partial charge >= 0.3 is 5.97 Å². The lowest BCUT2D eigenvalue weighted by molar-refractivity contribution is -0.159. The van der Waals surface area contributed by atoms with E-state index >= 15 is 0 Å². The fourth-order valence-electron chi connectivity index (χ4n) is 3.01. The third-order valence-corrected chi connectivity index (χ3v) is 6.27. The van der Waals surface area contributed by atoms with Crippen LogP contribution in [-0.4, -0.2) is 43.6 Å². The molecule has 0 saturated carbocycles. The van der Waals surface area contributed by atoms with Gasteiger partial charge in [0.05, 0.1) is 10.7 Å². The van der Waals surface area contributed by atoms with E-state index in [0.29, 0.717) is 11.3 Å². The molecule has 9 heteroatoms. The first-order valence-corrected chi connectivity index (χ1v) is 11.8. The van der Waals surface area contributed by atoms with E-state index in [2.05, 4.69) is 6.58 Å². The molecule has 0 saturated heterocycles. The normalized spacial score (nSPS) is 12.9. The second-order valence-electron chi connectivity index (χ2n) is 8.32. The quantitative estimate of drug-likeness (QED) is 0.431. The molecule has 0 radical (unpaired) electrons. The minimum absolute atomic E-state index is 0.135. The van der Waals surface area contributed by atoms with Gasteiger partial charge in [-0.1, -0.05) is 36.9 Å². The summed E-state index contributed by atoms with van der Waals surface area (Å²) in [6, 6.07) is 12.5. The summed E-state index contributed by atoms with van der Waals surface area (Å²) in [5.74, 6) is -1.44. The molecule has 0 fully saturated rings. The number of halogens is 2. The van der Waals surface area contributed by atoms with Crippen LogP contribution in [0.2, 0.25) is 0 Å². The SMILES string of the molecule is C=C(F)C[C@@H](C(=O)OC(C)(C)C)N(Cc1ccccc1)S(=O)(=O)c1ccc(OCCF)cc1. The van der Waals surface area contributed by atoms with E-state index in [0.717, 1.165) is 4.31 Å². The number of hydrogen-bond acceptors (Lipinski definition) is 5. The highest BCUT2D eigenvalue weighted by molar-refractivity contribution is 7.89.